The van der Waals surface area contributed by atoms with E-state index < -0.39 is 47.7 Å². The lowest BCUT2D eigenvalue weighted by Gasteiger charge is -2.33. The lowest BCUT2D eigenvalue weighted by atomic mass is 9.88. The van der Waals surface area contributed by atoms with Gasteiger partial charge in [0.05, 0.1) is 36.4 Å². The number of rotatable bonds is 12. The molecule has 4 N–H and O–H groups in total. The Bertz CT molecular complexity index is 1110. The zero-order valence-corrected chi connectivity index (χ0v) is 29.5. The number of ether oxygens (including phenoxy) is 3. The maximum Gasteiger partial charge on any atom is 0.410 e. The van der Waals surface area contributed by atoms with Crippen molar-refractivity contribution in [1.82, 2.24) is 9.80 Å². The summed E-state index contributed by atoms with van der Waals surface area (Å²) in [6.07, 6.45) is 7.97. The van der Waals surface area contributed by atoms with Crippen LogP contribution in [0.1, 0.15) is 86.5 Å². The van der Waals surface area contributed by atoms with Crippen LogP contribution in [0.2, 0.25) is 0 Å². The van der Waals surface area contributed by atoms with Gasteiger partial charge < -0.3 is 44.4 Å². The maximum atomic E-state index is 13.1. The third-order valence-electron chi connectivity index (χ3n) is 9.86. The third-order valence-corrected chi connectivity index (χ3v) is 9.86. The highest BCUT2D eigenvalue weighted by atomic mass is 16.6. The number of aliphatic hydroxyl groups is 4. The lowest BCUT2D eigenvalue weighted by molar-refractivity contribution is -0.151. The summed E-state index contributed by atoms with van der Waals surface area (Å²) in [5, 5.41) is 43.1. The Labute approximate surface area is 281 Å². The summed E-state index contributed by atoms with van der Waals surface area (Å²) in [4.78, 5) is 29.7. The van der Waals surface area contributed by atoms with Crippen LogP contribution in [0, 0.1) is 11.8 Å². The maximum absolute atomic E-state index is 13.1. The number of cyclic esters (lactones) is 1. The lowest BCUT2D eigenvalue weighted by Crippen LogP contribution is -2.45. The standard InChI is InChI=1S/C36H60N2O9/c1-8-28(40)26(4)33-29(45-33)23-35(5,43)16-11-12-24(2)32-25(3)13-14-30(36(6,44)17-15-27(39)22-31(41)47-32)46-34(42)37(7)20-21-38-18-9-10-19-38/h11-14,16,25-30,32-33,39-40,43-44H,8-10,15,17-23H2,1-7H3. The van der Waals surface area contributed by atoms with Gasteiger partial charge in [0.2, 0.25) is 0 Å². The number of likely N-dealkylation sites (tertiary alicyclic amines) is 1. The highest BCUT2D eigenvalue weighted by Gasteiger charge is 2.47. The van der Waals surface area contributed by atoms with E-state index in [-0.39, 0.29) is 43.3 Å². The van der Waals surface area contributed by atoms with Crippen LogP contribution >= 0.6 is 0 Å². The second kappa shape index (κ2) is 17.4. The fourth-order valence-corrected chi connectivity index (χ4v) is 6.39. The third kappa shape index (κ3) is 12.3. The first kappa shape index (κ1) is 39.2. The van der Waals surface area contributed by atoms with Crippen molar-refractivity contribution < 1.29 is 44.2 Å². The zero-order valence-electron chi connectivity index (χ0n) is 29.5. The molecule has 3 heterocycles. The Balaban J connectivity index is 1.72. The first-order chi connectivity index (χ1) is 22.0. The molecule has 1 amide bonds. The second-order valence-corrected chi connectivity index (χ2v) is 14.5. The molecule has 2 fully saturated rings. The van der Waals surface area contributed by atoms with E-state index in [9.17, 15) is 30.0 Å². The topological polar surface area (TPSA) is 153 Å². The number of nitrogens with zero attached hydrogens (tertiary/aromatic N) is 2. The molecule has 11 heteroatoms. The minimum Gasteiger partial charge on any atom is -0.457 e. The van der Waals surface area contributed by atoms with Crippen LogP contribution in [-0.2, 0) is 19.0 Å². The van der Waals surface area contributed by atoms with E-state index in [1.165, 1.54) is 4.90 Å². The summed E-state index contributed by atoms with van der Waals surface area (Å²) >= 11 is 0. The highest BCUT2D eigenvalue weighted by molar-refractivity contribution is 5.70. The minimum absolute atomic E-state index is 0.0109. The summed E-state index contributed by atoms with van der Waals surface area (Å²) in [6.45, 7) is 14.1. The Morgan fingerprint density at radius 1 is 1.30 bits per heavy atom. The molecule has 3 aliphatic rings. The number of hydrogen-bond acceptors (Lipinski definition) is 10. The van der Waals surface area contributed by atoms with Crippen LogP contribution < -0.4 is 0 Å². The molecule has 0 saturated carbocycles. The zero-order chi connectivity index (χ0) is 34.9. The molecule has 10 unspecified atom stereocenters. The molecule has 0 aromatic rings. The molecule has 0 spiro atoms. The van der Waals surface area contributed by atoms with Gasteiger partial charge in [0.15, 0.2) is 6.10 Å². The Hall–Kier alpha value is -2.28. The Morgan fingerprint density at radius 3 is 2.64 bits per heavy atom. The van der Waals surface area contributed by atoms with Crippen LogP contribution in [0.5, 0.6) is 0 Å². The predicted octanol–water partition coefficient (Wildman–Crippen LogP) is 3.74. The number of allylic oxidation sites excluding steroid dienone is 2. The van der Waals surface area contributed by atoms with Crippen LogP contribution in [0.3, 0.4) is 0 Å². The summed E-state index contributed by atoms with van der Waals surface area (Å²) in [5.74, 6) is -0.949. The average Bonchev–Trinajstić information content (AvgIpc) is 3.54. The van der Waals surface area contributed by atoms with E-state index in [1.807, 2.05) is 27.7 Å². The molecule has 11 nitrogen and oxygen atoms in total. The minimum atomic E-state index is -1.49. The van der Waals surface area contributed by atoms with Crippen LogP contribution in [0.4, 0.5) is 4.79 Å². The molecule has 10 atom stereocenters. The Kier molecular flexibility index (Phi) is 14.5. The van der Waals surface area contributed by atoms with Gasteiger partial charge in [-0.05, 0) is 77.6 Å². The summed E-state index contributed by atoms with van der Waals surface area (Å²) in [5.41, 5.74) is -1.94. The van der Waals surface area contributed by atoms with Gasteiger partial charge in [-0.15, -0.1) is 0 Å². The molecule has 3 aliphatic heterocycles. The Morgan fingerprint density at radius 2 is 1.98 bits per heavy atom. The molecule has 0 aliphatic carbocycles. The number of amides is 1. The molecular weight excluding hydrogens is 604 g/mol. The number of carbonyl (C=O) groups is 2. The van der Waals surface area contributed by atoms with Gasteiger partial charge in [0.25, 0.3) is 0 Å². The molecule has 0 radical (unpaired) electrons. The molecule has 0 bridgehead atoms. The normalized spacial score (nSPS) is 33.8. The molecule has 268 valence electrons. The van der Waals surface area contributed by atoms with E-state index in [1.54, 1.807) is 51.3 Å². The number of likely N-dealkylation sites (N-methyl/N-ethyl adjacent to an activating group) is 1. The number of esters is 1. The largest absolute Gasteiger partial charge is 0.457 e. The van der Waals surface area contributed by atoms with E-state index in [0.29, 0.717) is 25.0 Å². The van der Waals surface area contributed by atoms with Crippen molar-refractivity contribution in [1.29, 1.82) is 0 Å². The van der Waals surface area contributed by atoms with E-state index in [4.69, 9.17) is 14.2 Å². The molecule has 3 rings (SSSR count). The monoisotopic (exact) mass is 664 g/mol. The van der Waals surface area contributed by atoms with Gasteiger partial charge in [-0.2, -0.15) is 0 Å². The molecule has 2 saturated heterocycles. The first-order valence-electron chi connectivity index (χ1n) is 17.4. The van der Waals surface area contributed by atoms with Crippen molar-refractivity contribution in [3.05, 3.63) is 36.0 Å². The smallest absolute Gasteiger partial charge is 0.410 e. The van der Waals surface area contributed by atoms with Crippen molar-refractivity contribution in [3.8, 4) is 0 Å². The molecular formula is C36H60N2O9. The second-order valence-electron chi connectivity index (χ2n) is 14.5. The molecule has 0 aromatic heterocycles. The van der Waals surface area contributed by atoms with Crippen molar-refractivity contribution in [2.75, 3.05) is 33.2 Å². The fourth-order valence-electron chi connectivity index (χ4n) is 6.39. The van der Waals surface area contributed by atoms with Crippen molar-refractivity contribution in [3.63, 3.8) is 0 Å². The number of carbonyl (C=O) groups excluding carboxylic acids is 2. The fraction of sp³-hybridized carbons (Fsp3) is 0.778. The van der Waals surface area contributed by atoms with Gasteiger partial charge in [-0.3, -0.25) is 4.79 Å². The number of aliphatic hydroxyl groups excluding tert-OH is 2. The van der Waals surface area contributed by atoms with Crippen molar-refractivity contribution in [2.45, 2.75) is 134 Å². The summed E-state index contributed by atoms with van der Waals surface area (Å²) < 4.78 is 17.4. The van der Waals surface area contributed by atoms with Crippen LogP contribution in [0.25, 0.3) is 0 Å². The van der Waals surface area contributed by atoms with Gasteiger partial charge >= 0.3 is 12.1 Å². The van der Waals surface area contributed by atoms with E-state index in [0.717, 1.165) is 32.5 Å². The number of epoxide rings is 1. The summed E-state index contributed by atoms with van der Waals surface area (Å²) in [7, 11) is 1.68. The number of hydrogen-bond donors (Lipinski definition) is 4. The van der Waals surface area contributed by atoms with Crippen molar-refractivity contribution >= 4 is 12.1 Å². The first-order valence-corrected chi connectivity index (χ1v) is 17.4. The van der Waals surface area contributed by atoms with Gasteiger partial charge in [-0.25, -0.2) is 4.79 Å². The molecule has 47 heavy (non-hydrogen) atoms. The average molecular weight is 665 g/mol. The van der Waals surface area contributed by atoms with Gasteiger partial charge in [0, 0.05) is 38.4 Å². The van der Waals surface area contributed by atoms with Crippen molar-refractivity contribution in [2.24, 2.45) is 11.8 Å². The highest BCUT2D eigenvalue weighted by Crippen LogP contribution is 2.37. The van der Waals surface area contributed by atoms with E-state index >= 15 is 0 Å². The predicted molar refractivity (Wildman–Crippen MR) is 179 cm³/mol. The van der Waals surface area contributed by atoms with Crippen LogP contribution in [0.15, 0.2) is 36.0 Å². The molecule has 0 aromatic carbocycles. The SMILES string of the molecule is CCC(O)C(C)C1OC1CC(C)(O)C=CC=C(C)C1OC(=O)CC(O)CCC(C)(O)C(OC(=O)N(C)CCN2CCCC2)C=CC1C. The quantitative estimate of drug-likeness (QED) is 0.105. The van der Waals surface area contributed by atoms with Gasteiger partial charge in [0.1, 0.15) is 11.7 Å². The van der Waals surface area contributed by atoms with E-state index in [2.05, 4.69) is 4.90 Å². The van der Waals surface area contributed by atoms with Crippen LogP contribution in [-0.4, -0.2) is 123 Å². The summed E-state index contributed by atoms with van der Waals surface area (Å²) in [6, 6.07) is 0. The van der Waals surface area contributed by atoms with Gasteiger partial charge in [-0.1, -0.05) is 45.1 Å².